The molecule has 4 aliphatic carbocycles. The van der Waals surface area contributed by atoms with Gasteiger partial charge in [-0.15, -0.1) is 12.4 Å². The van der Waals surface area contributed by atoms with E-state index in [4.69, 9.17) is 18.8 Å². The Hall–Kier alpha value is -2.99. The molecule has 5 heterocycles. The second-order valence-corrected chi connectivity index (χ2v) is 22.0. The summed E-state index contributed by atoms with van der Waals surface area (Å²) in [6.07, 6.45) is 24.3. The maximum atomic E-state index is 5.90. The molecule has 11 rings (SSSR count). The van der Waals surface area contributed by atoms with E-state index >= 15 is 0 Å². The van der Waals surface area contributed by atoms with E-state index in [1.54, 1.807) is 26.6 Å². The third kappa shape index (κ3) is 10.8. The minimum absolute atomic E-state index is 0. The summed E-state index contributed by atoms with van der Waals surface area (Å²) in [4.78, 5) is 13.8. The number of hydrogen-bond acceptors (Lipinski definition) is 8. The highest BCUT2D eigenvalue weighted by Gasteiger charge is 2.52. The normalized spacial score (nSPS) is 28.2. The van der Waals surface area contributed by atoms with Crippen LogP contribution in [-0.4, -0.2) is 90.6 Å². The summed E-state index contributed by atoms with van der Waals surface area (Å²) in [5.74, 6) is 7.47. The van der Waals surface area contributed by atoms with Crippen molar-refractivity contribution in [2.75, 3.05) is 40.4 Å². The summed E-state index contributed by atoms with van der Waals surface area (Å²) in [6.45, 7) is 13.2. The molecule has 7 fully saturated rings. The number of nitrogens with zero attached hydrogens (tertiary/aromatic N) is 4. The van der Waals surface area contributed by atoms with Crippen LogP contribution in [0.2, 0.25) is 0 Å². The Labute approximate surface area is 405 Å². The Kier molecular flexibility index (Phi) is 15.7. The fourth-order valence-corrected chi connectivity index (χ4v) is 13.1. The van der Waals surface area contributed by atoms with Crippen LogP contribution in [-0.2, 0) is 9.31 Å². The van der Waals surface area contributed by atoms with Gasteiger partial charge in [-0.2, -0.15) is 0 Å². The van der Waals surface area contributed by atoms with Crippen molar-refractivity contribution in [3.63, 3.8) is 0 Å². The number of hydrogen-bond donors (Lipinski definition) is 0. The molecule has 2 aromatic heterocycles. The zero-order valence-corrected chi connectivity index (χ0v) is 42.2. The van der Waals surface area contributed by atoms with Crippen molar-refractivity contribution < 1.29 is 18.8 Å². The zero-order valence-electron chi connectivity index (χ0n) is 39.8. The molecule has 0 amide bonds. The lowest BCUT2D eigenvalue weighted by Crippen LogP contribution is -2.43. The van der Waals surface area contributed by atoms with Crippen LogP contribution in [0.4, 0.5) is 0 Å². The quantitative estimate of drug-likeness (QED) is 0.162. The van der Waals surface area contributed by atoms with Gasteiger partial charge in [0.05, 0.1) is 25.4 Å². The predicted octanol–water partition coefficient (Wildman–Crippen LogP) is 11.8. The Balaban J connectivity index is 0.000000137. The van der Waals surface area contributed by atoms with E-state index in [-0.39, 0.29) is 30.7 Å². The van der Waals surface area contributed by atoms with Gasteiger partial charge in [-0.3, -0.25) is 9.97 Å². The first kappa shape index (κ1) is 48.5. The molecule has 3 saturated heterocycles. The van der Waals surface area contributed by atoms with Gasteiger partial charge in [0.2, 0.25) is 0 Å². The number of pyridine rings is 2. The maximum Gasteiger partial charge on any atom is 0.494 e. The molecule has 4 aromatic rings. The van der Waals surface area contributed by atoms with E-state index in [1.807, 2.05) is 52.2 Å². The van der Waals surface area contributed by atoms with Gasteiger partial charge >= 0.3 is 7.12 Å². The molecular weight excluding hydrogens is 895 g/mol. The minimum Gasteiger partial charge on any atom is -0.496 e. The Morgan fingerprint density at radius 2 is 1.03 bits per heavy atom. The van der Waals surface area contributed by atoms with Crippen molar-refractivity contribution in [2.45, 2.75) is 140 Å². The van der Waals surface area contributed by atoms with E-state index in [9.17, 15) is 0 Å². The maximum absolute atomic E-state index is 5.90. The Morgan fingerprint density at radius 1 is 0.569 bits per heavy atom. The number of aromatic nitrogens is 2. The third-order valence-corrected chi connectivity index (χ3v) is 17.4. The summed E-state index contributed by atoms with van der Waals surface area (Å²) >= 11 is 3.61. The van der Waals surface area contributed by atoms with Crippen LogP contribution in [0, 0.1) is 23.7 Å². The lowest BCUT2D eigenvalue weighted by atomic mass is 9.80. The number of rotatable bonds is 8. The smallest absolute Gasteiger partial charge is 0.494 e. The number of halogens is 2. The number of methoxy groups -OCH3 is 2. The highest BCUT2D eigenvalue weighted by Crippen LogP contribution is 2.49. The number of piperidine rings is 2. The van der Waals surface area contributed by atoms with Crippen molar-refractivity contribution in [1.82, 2.24) is 19.8 Å². The van der Waals surface area contributed by atoms with Gasteiger partial charge in [-0.25, -0.2) is 0 Å². The van der Waals surface area contributed by atoms with Crippen molar-refractivity contribution >= 4 is 40.9 Å². The second-order valence-electron chi connectivity index (χ2n) is 21.1. The third-order valence-electron chi connectivity index (χ3n) is 16.9. The van der Waals surface area contributed by atoms with Crippen LogP contribution in [0.25, 0.3) is 11.1 Å². The van der Waals surface area contributed by atoms with Crippen molar-refractivity contribution in [1.29, 1.82) is 0 Å². The Morgan fingerprint density at radius 3 is 1.48 bits per heavy atom. The molecular formula is C54H73BBrClN4O4. The summed E-state index contributed by atoms with van der Waals surface area (Å²) in [6, 6.07) is 22.9. The Bertz CT molecular complexity index is 2140. The van der Waals surface area contributed by atoms with Gasteiger partial charge < -0.3 is 28.6 Å². The van der Waals surface area contributed by atoms with Crippen molar-refractivity contribution in [3.05, 3.63) is 101 Å². The van der Waals surface area contributed by atoms with E-state index in [2.05, 4.69) is 84.2 Å². The first-order chi connectivity index (χ1) is 31.0. The molecule has 3 aliphatic heterocycles. The zero-order chi connectivity index (χ0) is 44.4. The molecule has 7 aliphatic rings. The molecule has 0 spiro atoms. The molecule has 0 unspecified atom stereocenters. The van der Waals surface area contributed by atoms with Crippen LogP contribution in [0.5, 0.6) is 11.5 Å². The molecule has 4 saturated carbocycles. The van der Waals surface area contributed by atoms with Crippen molar-refractivity contribution in [2.24, 2.45) is 23.7 Å². The van der Waals surface area contributed by atoms with Crippen LogP contribution in [0.1, 0.15) is 128 Å². The van der Waals surface area contributed by atoms with Gasteiger partial charge in [0.15, 0.2) is 0 Å². The molecule has 0 radical (unpaired) electrons. The van der Waals surface area contributed by atoms with Crippen LogP contribution in [0.3, 0.4) is 0 Å². The number of likely N-dealkylation sites (tertiary alicyclic amines) is 2. The minimum atomic E-state index is -0.280. The number of fused-ring (bicyclic) bond motifs is 4. The van der Waals surface area contributed by atoms with E-state index < -0.39 is 0 Å². The van der Waals surface area contributed by atoms with Gasteiger partial charge in [0.1, 0.15) is 11.5 Å². The van der Waals surface area contributed by atoms with E-state index in [0.29, 0.717) is 11.8 Å². The SMILES string of the molecule is CC1(C)OB(c2ccncc2)OC1(C)C.COc1ccc(-c2ccncc2)cc1C1CCN([C@@H]2C[C@@H]3CC[C@H]2C3)CC1.COc1ccc(Br)cc1C1CCN([C@@H]2C[C@@H]3CC[C@H]2C3)CC1.Cl. The van der Waals surface area contributed by atoms with Gasteiger partial charge in [0.25, 0.3) is 0 Å². The summed E-state index contributed by atoms with van der Waals surface area (Å²) < 4.78 is 24.3. The van der Waals surface area contributed by atoms with Crippen molar-refractivity contribution in [3.8, 4) is 22.6 Å². The predicted molar refractivity (Wildman–Crippen MR) is 270 cm³/mol. The summed E-state index contributed by atoms with van der Waals surface area (Å²) in [7, 11) is 3.31. The standard InChI is InChI=1S/C24H30N2O.C19H26BrNO.C11H16BNO2.ClH/c1-27-24-5-4-20(18-6-10-25-11-7-18)16-22(24)19-8-12-26(13-9-19)23-15-17-2-3-21(23)14-17;1-22-19-5-4-16(20)12-17(19)14-6-8-21(9-7-14)18-11-13-2-3-15(18)10-13;1-10(2)11(3,4)15-12(14-10)9-5-7-13-8-6-9;/h4-7,10-11,16-17,19,21,23H,2-3,8-9,12-15H2,1H3;4-5,12-15,18H,2-3,6-11H2,1H3;5-8H,1-4H3;1H/t17-,21+,23-;13-,15+,18-;;/m11../s1. The van der Waals surface area contributed by atoms with Crippen LogP contribution in [0.15, 0.2) is 89.9 Å². The van der Waals surface area contributed by atoms with Gasteiger partial charge in [-0.05, 0) is 236 Å². The molecule has 2 aromatic carbocycles. The summed E-state index contributed by atoms with van der Waals surface area (Å²) in [5.41, 5.74) is 5.74. The lowest BCUT2D eigenvalue weighted by molar-refractivity contribution is 0.00578. The average molecular weight is 968 g/mol. The molecule has 11 heteroatoms. The van der Waals surface area contributed by atoms with Crippen LogP contribution >= 0.6 is 28.3 Å². The van der Waals surface area contributed by atoms with E-state index in [1.165, 1.54) is 130 Å². The topological polar surface area (TPSA) is 69.2 Å². The van der Waals surface area contributed by atoms with E-state index in [0.717, 1.165) is 52.7 Å². The first-order valence-electron chi connectivity index (χ1n) is 24.6. The number of benzene rings is 2. The monoisotopic (exact) mass is 966 g/mol. The average Bonchev–Trinajstić information content (AvgIpc) is 4.19. The largest absolute Gasteiger partial charge is 0.496 e. The van der Waals surface area contributed by atoms with Gasteiger partial charge in [-0.1, -0.05) is 34.8 Å². The highest BCUT2D eigenvalue weighted by molar-refractivity contribution is 9.10. The van der Waals surface area contributed by atoms with Gasteiger partial charge in [0, 0.05) is 41.3 Å². The summed E-state index contributed by atoms with van der Waals surface area (Å²) in [5, 5.41) is 0. The molecule has 6 atom stereocenters. The fourth-order valence-electron chi connectivity index (χ4n) is 12.7. The fraction of sp³-hybridized carbons (Fsp3) is 0.593. The van der Waals surface area contributed by atoms with Crippen LogP contribution < -0.4 is 14.9 Å². The second kappa shape index (κ2) is 21.1. The molecule has 65 heavy (non-hydrogen) atoms. The lowest BCUT2D eigenvalue weighted by Gasteiger charge is -2.40. The first-order valence-corrected chi connectivity index (χ1v) is 25.4. The molecule has 4 bridgehead atoms. The molecule has 350 valence electrons. The molecule has 8 nitrogen and oxygen atoms in total. The molecule has 0 N–H and O–H groups in total. The number of ether oxygens (including phenoxy) is 2. The highest BCUT2D eigenvalue weighted by atomic mass is 79.9.